The molecule has 28 heavy (non-hydrogen) atoms. The molecule has 3 heterocycles. The van der Waals surface area contributed by atoms with Gasteiger partial charge in [0.1, 0.15) is 0 Å². The summed E-state index contributed by atoms with van der Waals surface area (Å²) in [4.78, 5) is 25.1. The summed E-state index contributed by atoms with van der Waals surface area (Å²) in [6.45, 7) is 4.78. The van der Waals surface area contributed by atoms with Crippen LogP contribution in [-0.4, -0.2) is 72.9 Å². The highest BCUT2D eigenvalue weighted by Crippen LogP contribution is 2.19. The number of hydrogen-bond donors (Lipinski definition) is 0. The number of aromatic nitrogens is 6. The molecule has 1 saturated heterocycles. The predicted molar refractivity (Wildman–Crippen MR) is 105 cm³/mol. The molecule has 0 radical (unpaired) electrons. The van der Waals surface area contributed by atoms with Crippen LogP contribution in [0.1, 0.15) is 5.56 Å². The van der Waals surface area contributed by atoms with E-state index in [4.69, 9.17) is 0 Å². The molecule has 0 atom stereocenters. The van der Waals surface area contributed by atoms with Gasteiger partial charge in [-0.05, 0) is 35.5 Å². The third kappa shape index (κ3) is 4.11. The first kappa shape index (κ1) is 18.4. The molecule has 1 fully saturated rings. The molecule has 10 heteroatoms. The molecule has 0 bridgehead atoms. The number of tetrazole rings is 1. The Balaban J connectivity index is 1.32. The van der Waals surface area contributed by atoms with E-state index >= 15 is 0 Å². The Morgan fingerprint density at radius 2 is 1.79 bits per heavy atom. The van der Waals surface area contributed by atoms with Crippen LogP contribution in [0, 0.1) is 6.92 Å². The Morgan fingerprint density at radius 1 is 1.07 bits per heavy atom. The van der Waals surface area contributed by atoms with Gasteiger partial charge in [0, 0.05) is 38.6 Å². The van der Waals surface area contributed by atoms with Crippen molar-refractivity contribution in [1.82, 2.24) is 35.1 Å². The van der Waals surface area contributed by atoms with Gasteiger partial charge >= 0.3 is 0 Å². The molecular formula is C18H20N8OS. The Kier molecular flexibility index (Phi) is 5.47. The van der Waals surface area contributed by atoms with E-state index < -0.39 is 0 Å². The fourth-order valence-corrected chi connectivity index (χ4v) is 3.74. The van der Waals surface area contributed by atoms with Crippen molar-refractivity contribution in [2.45, 2.75) is 12.1 Å². The van der Waals surface area contributed by atoms with Gasteiger partial charge in [-0.15, -0.1) is 5.10 Å². The SMILES string of the molecule is Cc1ccc(-n2nnnc2SCC(=O)N2CCN(c3ncccn3)CC2)cc1. The van der Waals surface area contributed by atoms with Crippen molar-refractivity contribution in [2.75, 3.05) is 36.8 Å². The summed E-state index contributed by atoms with van der Waals surface area (Å²) in [6, 6.07) is 9.73. The maximum atomic E-state index is 12.6. The Hall–Kier alpha value is -3.01. The van der Waals surface area contributed by atoms with E-state index in [1.165, 1.54) is 17.3 Å². The lowest BCUT2D eigenvalue weighted by Crippen LogP contribution is -2.49. The molecule has 0 unspecified atom stereocenters. The van der Waals surface area contributed by atoms with E-state index in [9.17, 15) is 4.79 Å². The van der Waals surface area contributed by atoms with Crippen LogP contribution in [0.25, 0.3) is 5.69 Å². The minimum Gasteiger partial charge on any atom is -0.338 e. The quantitative estimate of drug-likeness (QED) is 0.594. The molecule has 1 amide bonds. The van der Waals surface area contributed by atoms with Crippen molar-refractivity contribution in [1.29, 1.82) is 0 Å². The molecule has 0 aliphatic carbocycles. The van der Waals surface area contributed by atoms with Crippen LogP contribution in [0.5, 0.6) is 0 Å². The second-order valence-corrected chi connectivity index (χ2v) is 7.36. The van der Waals surface area contributed by atoms with Gasteiger partial charge in [0.15, 0.2) is 0 Å². The first-order valence-corrected chi connectivity index (χ1v) is 9.97. The van der Waals surface area contributed by atoms with Gasteiger partial charge in [-0.25, -0.2) is 9.97 Å². The highest BCUT2D eigenvalue weighted by Gasteiger charge is 2.23. The third-order valence-corrected chi connectivity index (χ3v) is 5.42. The summed E-state index contributed by atoms with van der Waals surface area (Å²) in [6.07, 6.45) is 3.46. The average Bonchev–Trinajstić information content (AvgIpc) is 3.22. The number of hydrogen-bond acceptors (Lipinski definition) is 8. The summed E-state index contributed by atoms with van der Waals surface area (Å²) in [7, 11) is 0. The summed E-state index contributed by atoms with van der Waals surface area (Å²) in [5, 5.41) is 12.4. The summed E-state index contributed by atoms with van der Waals surface area (Å²) in [5.41, 5.74) is 2.04. The topological polar surface area (TPSA) is 92.9 Å². The molecule has 9 nitrogen and oxygen atoms in total. The van der Waals surface area contributed by atoms with E-state index in [0.717, 1.165) is 18.8 Å². The molecule has 1 aromatic carbocycles. The first-order chi connectivity index (χ1) is 13.7. The maximum absolute atomic E-state index is 12.6. The van der Waals surface area contributed by atoms with E-state index in [1.54, 1.807) is 23.1 Å². The highest BCUT2D eigenvalue weighted by atomic mass is 32.2. The highest BCUT2D eigenvalue weighted by molar-refractivity contribution is 7.99. The molecule has 1 aliphatic rings. The second kappa shape index (κ2) is 8.34. The van der Waals surface area contributed by atoms with Gasteiger partial charge in [0.25, 0.3) is 0 Å². The number of carbonyl (C=O) groups is 1. The fourth-order valence-electron chi connectivity index (χ4n) is 2.94. The van der Waals surface area contributed by atoms with Crippen molar-refractivity contribution in [3.8, 4) is 5.69 Å². The van der Waals surface area contributed by atoms with E-state index in [-0.39, 0.29) is 5.91 Å². The van der Waals surface area contributed by atoms with Gasteiger partial charge in [0.2, 0.25) is 17.0 Å². The number of carbonyl (C=O) groups excluding carboxylic acids is 1. The van der Waals surface area contributed by atoms with Crippen LogP contribution in [-0.2, 0) is 4.79 Å². The molecule has 1 aliphatic heterocycles. The zero-order chi connectivity index (χ0) is 19.3. The van der Waals surface area contributed by atoms with Gasteiger partial charge in [0.05, 0.1) is 11.4 Å². The van der Waals surface area contributed by atoms with Crippen LogP contribution in [0.3, 0.4) is 0 Å². The number of benzene rings is 1. The van der Waals surface area contributed by atoms with Crippen molar-refractivity contribution < 1.29 is 4.79 Å². The number of amides is 1. The number of nitrogens with zero attached hydrogens (tertiary/aromatic N) is 8. The number of rotatable bonds is 5. The van der Waals surface area contributed by atoms with Crippen molar-refractivity contribution >= 4 is 23.6 Å². The Bertz CT molecular complexity index is 922. The third-order valence-electron chi connectivity index (χ3n) is 4.51. The minimum absolute atomic E-state index is 0.0806. The average molecular weight is 396 g/mol. The Morgan fingerprint density at radius 3 is 2.50 bits per heavy atom. The van der Waals surface area contributed by atoms with Crippen molar-refractivity contribution in [3.63, 3.8) is 0 Å². The van der Waals surface area contributed by atoms with Gasteiger partial charge < -0.3 is 9.80 Å². The van der Waals surface area contributed by atoms with Gasteiger partial charge in [-0.2, -0.15) is 4.68 Å². The monoisotopic (exact) mass is 396 g/mol. The van der Waals surface area contributed by atoms with Gasteiger partial charge in [-0.1, -0.05) is 29.5 Å². The number of anilines is 1. The molecular weight excluding hydrogens is 376 g/mol. The van der Waals surface area contributed by atoms with Gasteiger partial charge in [-0.3, -0.25) is 4.79 Å². The van der Waals surface area contributed by atoms with Crippen LogP contribution >= 0.6 is 11.8 Å². The number of piperazine rings is 1. The van der Waals surface area contributed by atoms with Crippen LogP contribution < -0.4 is 4.90 Å². The molecule has 3 aromatic rings. The molecule has 0 saturated carbocycles. The zero-order valence-corrected chi connectivity index (χ0v) is 16.3. The minimum atomic E-state index is 0.0806. The smallest absolute Gasteiger partial charge is 0.233 e. The lowest BCUT2D eigenvalue weighted by atomic mass is 10.2. The summed E-state index contributed by atoms with van der Waals surface area (Å²) < 4.78 is 1.65. The van der Waals surface area contributed by atoms with Crippen LogP contribution in [0.2, 0.25) is 0 Å². The summed E-state index contributed by atoms with van der Waals surface area (Å²) >= 11 is 1.35. The zero-order valence-electron chi connectivity index (χ0n) is 15.5. The summed E-state index contributed by atoms with van der Waals surface area (Å²) in [5.74, 6) is 1.09. The molecule has 2 aromatic heterocycles. The lowest BCUT2D eigenvalue weighted by Gasteiger charge is -2.34. The van der Waals surface area contributed by atoms with E-state index in [1.807, 2.05) is 36.1 Å². The number of thioether (sulfide) groups is 1. The predicted octanol–water partition coefficient (Wildman–Crippen LogP) is 1.20. The van der Waals surface area contributed by atoms with Crippen molar-refractivity contribution in [3.05, 3.63) is 48.3 Å². The molecule has 0 N–H and O–H groups in total. The Labute approximate surface area is 166 Å². The molecule has 4 rings (SSSR count). The number of aryl methyl sites for hydroxylation is 1. The van der Waals surface area contributed by atoms with Crippen LogP contribution in [0.4, 0.5) is 5.95 Å². The first-order valence-electron chi connectivity index (χ1n) is 8.99. The fraction of sp³-hybridized carbons (Fsp3) is 0.333. The van der Waals surface area contributed by atoms with Crippen LogP contribution in [0.15, 0.2) is 47.9 Å². The maximum Gasteiger partial charge on any atom is 0.233 e. The normalized spacial score (nSPS) is 14.3. The standard InChI is InChI=1S/C18H20N8OS/c1-14-3-5-15(6-4-14)26-18(21-22-23-26)28-13-16(27)24-9-11-25(12-10-24)17-19-7-2-8-20-17/h2-8H,9-13H2,1H3. The molecule has 144 valence electrons. The second-order valence-electron chi connectivity index (χ2n) is 6.41. The molecule has 0 spiro atoms. The van der Waals surface area contributed by atoms with Crippen molar-refractivity contribution in [2.24, 2.45) is 0 Å². The van der Waals surface area contributed by atoms with E-state index in [0.29, 0.717) is 29.9 Å². The lowest BCUT2D eigenvalue weighted by molar-refractivity contribution is -0.128. The van der Waals surface area contributed by atoms with E-state index in [2.05, 4.69) is 30.4 Å². The largest absolute Gasteiger partial charge is 0.338 e.